The second-order valence-corrected chi connectivity index (χ2v) is 10.0. The zero-order valence-electron chi connectivity index (χ0n) is 13.1. The highest BCUT2D eigenvalue weighted by Gasteiger charge is 2.39. The fraction of sp³-hybridized carbons (Fsp3) is 1.00. The van der Waals surface area contributed by atoms with Gasteiger partial charge in [0, 0.05) is 5.41 Å². The molecule has 0 aromatic rings. The van der Waals surface area contributed by atoms with Crippen molar-refractivity contribution in [3.05, 3.63) is 0 Å². The second-order valence-electron chi connectivity index (χ2n) is 8.28. The fourth-order valence-electron chi connectivity index (χ4n) is 2.68. The second kappa shape index (κ2) is 5.24. The number of rotatable bonds is 4. The van der Waals surface area contributed by atoms with Crippen molar-refractivity contribution >= 4 is 7.60 Å². The van der Waals surface area contributed by atoms with E-state index in [0.29, 0.717) is 11.0 Å². The Morgan fingerprint density at radius 2 is 1.56 bits per heavy atom. The van der Waals surface area contributed by atoms with Crippen LogP contribution in [0.5, 0.6) is 0 Å². The SMILES string of the molecule is CC(C)(C)C[N+](C)(C)CC(C(C)(C)C)P(=O)([O-])O. The van der Waals surface area contributed by atoms with E-state index in [1.807, 2.05) is 34.9 Å². The molecule has 0 aliphatic carbocycles. The summed E-state index contributed by atoms with van der Waals surface area (Å²) < 4.78 is 12.2. The monoisotopic (exact) mass is 279 g/mol. The highest BCUT2D eigenvalue weighted by Crippen LogP contribution is 2.47. The highest BCUT2D eigenvalue weighted by molar-refractivity contribution is 7.51. The minimum Gasteiger partial charge on any atom is -0.778 e. The van der Waals surface area contributed by atoms with E-state index in [2.05, 4.69) is 20.8 Å². The summed E-state index contributed by atoms with van der Waals surface area (Å²) in [6.07, 6.45) is 0. The number of quaternary nitrogens is 1. The van der Waals surface area contributed by atoms with Crippen molar-refractivity contribution in [3.63, 3.8) is 0 Å². The zero-order chi connectivity index (χ0) is 15.0. The molecule has 0 aromatic carbocycles. The van der Waals surface area contributed by atoms with Gasteiger partial charge in [0.25, 0.3) is 0 Å². The number of hydrogen-bond acceptors (Lipinski definition) is 2. The van der Waals surface area contributed by atoms with Gasteiger partial charge < -0.3 is 18.8 Å². The van der Waals surface area contributed by atoms with E-state index in [-0.39, 0.29) is 5.41 Å². The quantitative estimate of drug-likeness (QED) is 0.633. The highest BCUT2D eigenvalue weighted by atomic mass is 31.2. The van der Waals surface area contributed by atoms with Crippen LogP contribution >= 0.6 is 7.60 Å². The molecule has 5 heteroatoms. The Hall–Kier alpha value is 0.110. The van der Waals surface area contributed by atoms with Crippen molar-refractivity contribution in [3.8, 4) is 0 Å². The van der Waals surface area contributed by atoms with Gasteiger partial charge in [-0.15, -0.1) is 0 Å². The van der Waals surface area contributed by atoms with Gasteiger partial charge >= 0.3 is 0 Å². The molecule has 0 aromatic heterocycles. The van der Waals surface area contributed by atoms with Gasteiger partial charge in [-0.05, 0) is 5.41 Å². The van der Waals surface area contributed by atoms with Gasteiger partial charge in [0.2, 0.25) is 0 Å². The first-order valence-electron chi connectivity index (χ1n) is 6.40. The Kier molecular flexibility index (Phi) is 5.27. The lowest BCUT2D eigenvalue weighted by Gasteiger charge is -2.44. The third-order valence-electron chi connectivity index (χ3n) is 2.96. The predicted molar refractivity (Wildman–Crippen MR) is 74.4 cm³/mol. The van der Waals surface area contributed by atoms with E-state index in [9.17, 15) is 14.4 Å². The van der Waals surface area contributed by atoms with Crippen molar-refractivity contribution in [1.29, 1.82) is 0 Å². The van der Waals surface area contributed by atoms with E-state index >= 15 is 0 Å². The van der Waals surface area contributed by atoms with Crippen LogP contribution in [0.15, 0.2) is 0 Å². The van der Waals surface area contributed by atoms with Gasteiger partial charge in [-0.1, -0.05) is 41.5 Å². The van der Waals surface area contributed by atoms with Crippen LogP contribution in [0.3, 0.4) is 0 Å². The lowest BCUT2D eigenvalue weighted by Crippen LogP contribution is -2.53. The molecule has 0 fully saturated rings. The van der Waals surface area contributed by atoms with Gasteiger partial charge in [-0.25, -0.2) is 0 Å². The van der Waals surface area contributed by atoms with Crippen LogP contribution in [-0.2, 0) is 4.57 Å². The fourth-order valence-corrected chi connectivity index (χ4v) is 4.31. The van der Waals surface area contributed by atoms with Crippen molar-refractivity contribution in [1.82, 2.24) is 0 Å². The maximum atomic E-state index is 11.6. The molecule has 0 heterocycles. The summed E-state index contributed by atoms with van der Waals surface area (Å²) in [5, 5.41) is 0. The van der Waals surface area contributed by atoms with Gasteiger partial charge in [-0.2, -0.15) is 0 Å². The van der Waals surface area contributed by atoms with Crippen LogP contribution < -0.4 is 4.89 Å². The van der Waals surface area contributed by atoms with E-state index in [0.717, 1.165) is 6.54 Å². The smallest absolute Gasteiger partial charge is 0.141 e. The van der Waals surface area contributed by atoms with E-state index < -0.39 is 18.7 Å². The largest absolute Gasteiger partial charge is 0.778 e. The minimum absolute atomic E-state index is 0.119. The molecule has 0 radical (unpaired) electrons. The summed E-state index contributed by atoms with van der Waals surface area (Å²) >= 11 is 0. The Morgan fingerprint density at radius 1 is 1.17 bits per heavy atom. The van der Waals surface area contributed by atoms with E-state index in [1.54, 1.807) is 0 Å². The third-order valence-corrected chi connectivity index (χ3v) is 4.69. The molecule has 2 unspecified atom stereocenters. The number of hydrogen-bond donors (Lipinski definition) is 1. The van der Waals surface area contributed by atoms with Crippen LogP contribution in [-0.4, -0.2) is 42.2 Å². The molecule has 0 saturated heterocycles. The van der Waals surface area contributed by atoms with Crippen molar-refractivity contribution in [2.45, 2.75) is 47.2 Å². The number of nitrogens with zero attached hydrogens (tertiary/aromatic N) is 1. The first-order valence-corrected chi connectivity index (χ1v) is 8.05. The molecule has 4 nitrogen and oxygen atoms in total. The van der Waals surface area contributed by atoms with Crippen molar-refractivity contribution in [2.75, 3.05) is 27.2 Å². The van der Waals surface area contributed by atoms with Gasteiger partial charge in [0.1, 0.15) is 7.60 Å². The van der Waals surface area contributed by atoms with Crippen molar-refractivity contribution < 1.29 is 18.8 Å². The molecular weight excluding hydrogens is 249 g/mol. The lowest BCUT2D eigenvalue weighted by atomic mass is 9.89. The topological polar surface area (TPSA) is 60.4 Å². The first kappa shape index (κ1) is 18.1. The maximum absolute atomic E-state index is 11.6. The molecule has 0 aliphatic heterocycles. The normalized spacial score (nSPS) is 19.4. The van der Waals surface area contributed by atoms with Crippen LogP contribution in [0.4, 0.5) is 0 Å². The summed E-state index contributed by atoms with van der Waals surface area (Å²) in [5.41, 5.74) is -1.06. The summed E-state index contributed by atoms with van der Waals surface area (Å²) in [5.74, 6) is 0. The Bertz CT molecular complexity index is 320. The molecule has 0 amide bonds. The first-order chi connectivity index (χ1) is 7.55. The predicted octanol–water partition coefficient (Wildman–Crippen LogP) is 2.07. The van der Waals surface area contributed by atoms with Crippen LogP contribution in [0.25, 0.3) is 0 Å². The maximum Gasteiger partial charge on any atom is 0.141 e. The molecule has 1 N–H and O–H groups in total. The molecule has 0 bridgehead atoms. The average molecular weight is 279 g/mol. The van der Waals surface area contributed by atoms with Crippen LogP contribution in [0, 0.1) is 10.8 Å². The van der Waals surface area contributed by atoms with E-state index in [4.69, 9.17) is 0 Å². The molecule has 0 saturated carbocycles. The third kappa shape index (κ3) is 6.89. The van der Waals surface area contributed by atoms with E-state index in [1.165, 1.54) is 0 Å². The summed E-state index contributed by atoms with van der Waals surface area (Å²) in [7, 11) is -0.298. The van der Waals surface area contributed by atoms with Gasteiger partial charge in [-0.3, -0.25) is 0 Å². The van der Waals surface area contributed by atoms with Crippen molar-refractivity contribution in [2.24, 2.45) is 10.8 Å². The summed E-state index contributed by atoms with van der Waals surface area (Å²) in [6.45, 7) is 13.3. The average Bonchev–Trinajstić information content (AvgIpc) is 1.90. The summed E-state index contributed by atoms with van der Waals surface area (Å²) in [4.78, 5) is 21.1. The van der Waals surface area contributed by atoms with Crippen LogP contribution in [0.2, 0.25) is 0 Å². The molecule has 18 heavy (non-hydrogen) atoms. The molecule has 2 atom stereocenters. The Morgan fingerprint density at radius 3 is 1.78 bits per heavy atom. The van der Waals surface area contributed by atoms with Crippen LogP contribution in [0.1, 0.15) is 41.5 Å². The zero-order valence-corrected chi connectivity index (χ0v) is 14.0. The summed E-state index contributed by atoms with van der Waals surface area (Å²) in [6, 6.07) is 0. The molecule has 0 rings (SSSR count). The molecular formula is C13H30NO3P. The minimum atomic E-state index is -4.32. The molecule has 0 aliphatic rings. The Labute approximate surface area is 112 Å². The van der Waals surface area contributed by atoms with Gasteiger partial charge in [0.05, 0.1) is 32.8 Å². The molecule has 0 spiro atoms. The Balaban J connectivity index is 5.07. The van der Waals surface area contributed by atoms with Gasteiger partial charge in [0.15, 0.2) is 0 Å². The lowest BCUT2D eigenvalue weighted by molar-refractivity contribution is -0.896. The standard InChI is InChI=1S/C13H30NO3P/c1-12(2,3)10-14(7,8)9-11(13(4,5)6)18(15,16)17/h11H,9-10H2,1-8H3,(H-,15,16,17). The molecule has 110 valence electrons.